The summed E-state index contributed by atoms with van der Waals surface area (Å²) in [6, 6.07) is 7.32. The maximum Gasteiger partial charge on any atom is 0.305 e. The van der Waals surface area contributed by atoms with E-state index in [0.717, 1.165) is 5.56 Å². The van der Waals surface area contributed by atoms with Crippen LogP contribution in [0.25, 0.3) is 11.4 Å². The molecule has 3 rings (SSSR count). The van der Waals surface area contributed by atoms with Gasteiger partial charge in [-0.1, -0.05) is 11.6 Å². The van der Waals surface area contributed by atoms with Crippen molar-refractivity contribution in [1.29, 1.82) is 0 Å². The minimum absolute atomic E-state index is 0.154. The summed E-state index contributed by atoms with van der Waals surface area (Å²) in [4.78, 5) is 18.0. The van der Waals surface area contributed by atoms with Gasteiger partial charge in [0, 0.05) is 17.1 Å². The first-order chi connectivity index (χ1) is 11.6. The maximum absolute atomic E-state index is 10.6. The van der Waals surface area contributed by atoms with Gasteiger partial charge in [0.25, 0.3) is 0 Å². The number of nitrogens with zero attached hydrogens (tertiary/aromatic N) is 6. The van der Waals surface area contributed by atoms with Crippen LogP contribution < -0.4 is 0 Å². The topological polar surface area (TPSA) is 99.6 Å². The number of hydrogen-bond donors (Lipinski definition) is 0. The lowest BCUT2D eigenvalue weighted by Gasteiger charge is -2.06. The fourth-order valence-electron chi connectivity index (χ4n) is 2.00. The number of aromatic nitrogens is 5. The molecule has 2 aromatic heterocycles. The largest absolute Gasteiger partial charge is 0.305 e. The van der Waals surface area contributed by atoms with E-state index in [0.29, 0.717) is 27.7 Å². The molecule has 0 aliphatic heterocycles. The zero-order valence-electron chi connectivity index (χ0n) is 12.5. The molecule has 8 nitrogen and oxygen atoms in total. The third-order valence-electron chi connectivity index (χ3n) is 3.14. The number of nitro groups is 1. The van der Waals surface area contributed by atoms with Crippen LogP contribution in [0.3, 0.4) is 0 Å². The molecule has 0 saturated heterocycles. The third kappa shape index (κ3) is 3.36. The first-order valence-electron chi connectivity index (χ1n) is 6.92. The Morgan fingerprint density at radius 2 is 1.88 bits per heavy atom. The van der Waals surface area contributed by atoms with Gasteiger partial charge in [-0.05, 0) is 43.0 Å². The molecule has 0 saturated carbocycles. The van der Waals surface area contributed by atoms with Crippen molar-refractivity contribution in [1.82, 2.24) is 24.7 Å². The molecule has 0 atom stereocenters. The van der Waals surface area contributed by atoms with E-state index in [9.17, 15) is 10.1 Å². The van der Waals surface area contributed by atoms with Crippen LogP contribution in [0.5, 0.6) is 0 Å². The Bertz CT molecular complexity index is 866. The van der Waals surface area contributed by atoms with Crippen molar-refractivity contribution in [2.24, 2.45) is 0 Å². The van der Waals surface area contributed by atoms with Crippen molar-refractivity contribution >= 4 is 29.1 Å². The van der Waals surface area contributed by atoms with Gasteiger partial charge in [0.05, 0.1) is 4.92 Å². The second kappa shape index (κ2) is 6.93. The fraction of sp³-hybridized carbons (Fsp3) is 0.143. The molecule has 0 unspecified atom stereocenters. The summed E-state index contributed by atoms with van der Waals surface area (Å²) in [6.07, 6.45) is 2.34. The highest BCUT2D eigenvalue weighted by Gasteiger charge is 2.16. The molecule has 0 aliphatic carbocycles. The van der Waals surface area contributed by atoms with Crippen molar-refractivity contribution in [3.05, 3.63) is 51.8 Å². The summed E-state index contributed by atoms with van der Waals surface area (Å²) in [5.74, 6) is 0.707. The lowest BCUT2D eigenvalue weighted by Crippen LogP contribution is -2.00. The van der Waals surface area contributed by atoms with Gasteiger partial charge >= 0.3 is 5.69 Å². The Kier molecular flexibility index (Phi) is 4.72. The van der Waals surface area contributed by atoms with Crippen LogP contribution >= 0.6 is 23.4 Å². The molecule has 0 aliphatic rings. The summed E-state index contributed by atoms with van der Waals surface area (Å²) < 4.78 is 1.92. The van der Waals surface area contributed by atoms with Gasteiger partial charge < -0.3 is 4.57 Å². The second-order valence-electron chi connectivity index (χ2n) is 4.64. The van der Waals surface area contributed by atoms with Gasteiger partial charge in [-0.3, -0.25) is 10.1 Å². The molecule has 10 heteroatoms. The molecular weight excluding hydrogens is 352 g/mol. The molecule has 24 heavy (non-hydrogen) atoms. The highest BCUT2D eigenvalue weighted by atomic mass is 35.5. The molecule has 0 amide bonds. The second-order valence-corrected chi connectivity index (χ2v) is 6.01. The summed E-state index contributed by atoms with van der Waals surface area (Å²) in [5, 5.41) is 20.6. The Labute approximate surface area is 146 Å². The summed E-state index contributed by atoms with van der Waals surface area (Å²) in [7, 11) is 0. The lowest BCUT2D eigenvalue weighted by molar-refractivity contribution is -0.385. The minimum atomic E-state index is -0.540. The molecule has 122 valence electrons. The maximum atomic E-state index is 10.6. The molecule has 0 radical (unpaired) electrons. The number of rotatable bonds is 5. The highest BCUT2D eigenvalue weighted by Crippen LogP contribution is 2.28. The van der Waals surface area contributed by atoms with Crippen molar-refractivity contribution in [3.63, 3.8) is 0 Å². The van der Waals surface area contributed by atoms with Crippen LogP contribution in [-0.4, -0.2) is 29.7 Å². The van der Waals surface area contributed by atoms with Crippen LogP contribution in [-0.2, 0) is 6.54 Å². The van der Waals surface area contributed by atoms with Crippen LogP contribution in [0.1, 0.15) is 6.92 Å². The summed E-state index contributed by atoms with van der Waals surface area (Å²) in [5.41, 5.74) is 0.739. The monoisotopic (exact) mass is 362 g/mol. The number of benzene rings is 1. The SMILES string of the molecule is CCn1c(Sc2ncc([N+](=O)[O-])cn2)nnc1-c1ccc(Cl)cc1. The fourth-order valence-corrected chi connectivity index (χ4v) is 2.91. The van der Waals surface area contributed by atoms with Crippen molar-refractivity contribution in [3.8, 4) is 11.4 Å². The van der Waals surface area contributed by atoms with E-state index in [2.05, 4.69) is 20.2 Å². The molecule has 3 aromatic rings. The standard InChI is InChI=1S/C14H11ClN6O2S/c1-2-20-12(9-3-5-10(15)6-4-9)18-19-14(20)24-13-16-7-11(8-17-13)21(22)23/h3-8H,2H2,1H3. The van der Waals surface area contributed by atoms with Gasteiger partial charge in [0.2, 0.25) is 0 Å². The van der Waals surface area contributed by atoms with Gasteiger partial charge in [-0.2, -0.15) is 0 Å². The molecule has 2 heterocycles. The van der Waals surface area contributed by atoms with Crippen molar-refractivity contribution < 1.29 is 4.92 Å². The zero-order chi connectivity index (χ0) is 17.1. The van der Waals surface area contributed by atoms with Gasteiger partial charge in [-0.25, -0.2) is 9.97 Å². The van der Waals surface area contributed by atoms with Crippen LogP contribution in [0.4, 0.5) is 5.69 Å². The minimum Gasteiger partial charge on any atom is -0.302 e. The summed E-state index contributed by atoms with van der Waals surface area (Å²) in [6.45, 7) is 2.63. The molecule has 0 N–H and O–H groups in total. The van der Waals surface area contributed by atoms with E-state index in [1.807, 2.05) is 23.6 Å². The Balaban J connectivity index is 1.89. The Morgan fingerprint density at radius 3 is 2.46 bits per heavy atom. The van der Waals surface area contributed by atoms with Crippen molar-refractivity contribution in [2.75, 3.05) is 0 Å². The van der Waals surface area contributed by atoms with E-state index >= 15 is 0 Å². The molecule has 0 fully saturated rings. The average Bonchev–Trinajstić information content (AvgIpc) is 2.98. The highest BCUT2D eigenvalue weighted by molar-refractivity contribution is 7.99. The Morgan fingerprint density at radius 1 is 1.21 bits per heavy atom. The van der Waals surface area contributed by atoms with E-state index in [-0.39, 0.29) is 5.69 Å². The van der Waals surface area contributed by atoms with E-state index < -0.39 is 4.92 Å². The molecule has 0 bridgehead atoms. The predicted octanol–water partition coefficient (Wildman–Crippen LogP) is 3.47. The van der Waals surface area contributed by atoms with E-state index in [4.69, 9.17) is 11.6 Å². The van der Waals surface area contributed by atoms with Crippen LogP contribution in [0.15, 0.2) is 47.0 Å². The zero-order valence-corrected chi connectivity index (χ0v) is 14.0. The van der Waals surface area contributed by atoms with Crippen LogP contribution in [0.2, 0.25) is 5.02 Å². The van der Waals surface area contributed by atoms with Crippen molar-refractivity contribution in [2.45, 2.75) is 23.8 Å². The molecule has 0 spiro atoms. The molecular formula is C14H11ClN6O2S. The quantitative estimate of drug-likeness (QED) is 0.389. The first kappa shape index (κ1) is 16.3. The predicted molar refractivity (Wildman–Crippen MR) is 89.0 cm³/mol. The lowest BCUT2D eigenvalue weighted by atomic mass is 10.2. The average molecular weight is 363 g/mol. The smallest absolute Gasteiger partial charge is 0.302 e. The van der Waals surface area contributed by atoms with Crippen LogP contribution in [0, 0.1) is 10.1 Å². The Hall–Kier alpha value is -2.52. The number of halogens is 1. The normalized spacial score (nSPS) is 10.8. The summed E-state index contributed by atoms with van der Waals surface area (Å²) >= 11 is 7.11. The van der Waals surface area contributed by atoms with E-state index in [1.165, 1.54) is 24.2 Å². The first-order valence-corrected chi connectivity index (χ1v) is 8.11. The van der Waals surface area contributed by atoms with Gasteiger partial charge in [-0.15, -0.1) is 10.2 Å². The number of hydrogen-bond acceptors (Lipinski definition) is 7. The van der Waals surface area contributed by atoms with E-state index in [1.54, 1.807) is 12.1 Å². The van der Waals surface area contributed by atoms with Gasteiger partial charge in [0.1, 0.15) is 12.4 Å². The third-order valence-corrected chi connectivity index (χ3v) is 4.27. The molecule has 1 aromatic carbocycles. The van der Waals surface area contributed by atoms with Gasteiger partial charge in [0.15, 0.2) is 16.1 Å².